The van der Waals surface area contributed by atoms with Gasteiger partial charge in [0.15, 0.2) is 0 Å². The summed E-state index contributed by atoms with van der Waals surface area (Å²) in [6.07, 6.45) is 3.62. The monoisotopic (exact) mass is 290 g/mol. The van der Waals surface area contributed by atoms with Crippen LogP contribution in [0, 0.1) is 12.8 Å². The van der Waals surface area contributed by atoms with Crippen LogP contribution in [-0.4, -0.2) is 32.2 Å². The van der Waals surface area contributed by atoms with E-state index in [0.717, 1.165) is 36.7 Å². The van der Waals surface area contributed by atoms with Crippen molar-refractivity contribution in [3.63, 3.8) is 0 Å². The molecule has 1 aromatic rings. The molecule has 1 saturated carbocycles. The number of amides is 1. The first kappa shape index (κ1) is 15.8. The van der Waals surface area contributed by atoms with Crippen LogP contribution in [0.25, 0.3) is 0 Å². The fourth-order valence-electron chi connectivity index (χ4n) is 2.13. The molecular weight excluding hydrogens is 264 g/mol. The highest BCUT2D eigenvalue weighted by molar-refractivity contribution is 5.99. The zero-order chi connectivity index (χ0) is 15.1. The minimum absolute atomic E-state index is 0.0383. The Morgan fingerprint density at radius 1 is 1.33 bits per heavy atom. The Labute approximate surface area is 127 Å². The van der Waals surface area contributed by atoms with E-state index in [4.69, 9.17) is 4.74 Å². The van der Waals surface area contributed by atoms with Crippen molar-refractivity contribution in [1.82, 2.24) is 5.32 Å². The highest BCUT2D eigenvalue weighted by Crippen LogP contribution is 2.28. The van der Waals surface area contributed by atoms with E-state index in [9.17, 15) is 4.79 Å². The van der Waals surface area contributed by atoms with Gasteiger partial charge in [0.05, 0.1) is 12.2 Å². The number of ether oxygens (including phenoxy) is 1. The standard InChI is InChI=1S/C17H26N2O2/c1-3-8-18-16-11-13(2)4-7-15(16)17(20)19-9-10-21-12-14-5-6-14/h4,7,11,14,18H,3,5-6,8-10,12H2,1-2H3,(H,19,20). The van der Waals surface area contributed by atoms with E-state index in [1.165, 1.54) is 12.8 Å². The second-order valence-electron chi connectivity index (χ2n) is 5.75. The minimum atomic E-state index is -0.0383. The van der Waals surface area contributed by atoms with E-state index in [0.29, 0.717) is 18.7 Å². The second kappa shape index (κ2) is 8.03. The Kier molecular flexibility index (Phi) is 6.05. The summed E-state index contributed by atoms with van der Waals surface area (Å²) in [6, 6.07) is 5.87. The summed E-state index contributed by atoms with van der Waals surface area (Å²) >= 11 is 0. The van der Waals surface area contributed by atoms with Crippen molar-refractivity contribution >= 4 is 11.6 Å². The van der Waals surface area contributed by atoms with Gasteiger partial charge >= 0.3 is 0 Å². The van der Waals surface area contributed by atoms with Crippen LogP contribution >= 0.6 is 0 Å². The summed E-state index contributed by atoms with van der Waals surface area (Å²) in [7, 11) is 0. The van der Waals surface area contributed by atoms with Gasteiger partial charge < -0.3 is 15.4 Å². The molecular formula is C17H26N2O2. The number of benzene rings is 1. The van der Waals surface area contributed by atoms with Gasteiger partial charge in [0.25, 0.3) is 5.91 Å². The van der Waals surface area contributed by atoms with E-state index < -0.39 is 0 Å². The first-order valence-electron chi connectivity index (χ1n) is 7.91. The number of anilines is 1. The molecule has 21 heavy (non-hydrogen) atoms. The fraction of sp³-hybridized carbons (Fsp3) is 0.588. The van der Waals surface area contributed by atoms with Crippen molar-refractivity contribution < 1.29 is 9.53 Å². The number of aryl methyl sites for hydroxylation is 1. The third-order valence-corrected chi connectivity index (χ3v) is 3.57. The lowest BCUT2D eigenvalue weighted by Gasteiger charge is -2.13. The Bertz CT molecular complexity index is 470. The third kappa shape index (κ3) is 5.38. The molecule has 0 spiro atoms. The van der Waals surface area contributed by atoms with Gasteiger partial charge in [0, 0.05) is 25.4 Å². The van der Waals surface area contributed by atoms with Gasteiger partial charge in [0.2, 0.25) is 0 Å². The lowest BCUT2D eigenvalue weighted by atomic mass is 10.1. The Morgan fingerprint density at radius 3 is 2.86 bits per heavy atom. The Morgan fingerprint density at radius 2 is 2.14 bits per heavy atom. The smallest absolute Gasteiger partial charge is 0.253 e. The van der Waals surface area contributed by atoms with Gasteiger partial charge in [-0.1, -0.05) is 13.0 Å². The molecule has 1 aromatic carbocycles. The normalized spacial score (nSPS) is 14.0. The van der Waals surface area contributed by atoms with Crippen LogP contribution < -0.4 is 10.6 Å². The van der Waals surface area contributed by atoms with Gasteiger partial charge in [-0.15, -0.1) is 0 Å². The van der Waals surface area contributed by atoms with Crippen molar-refractivity contribution in [3.8, 4) is 0 Å². The molecule has 0 atom stereocenters. The molecule has 4 heteroatoms. The lowest BCUT2D eigenvalue weighted by Crippen LogP contribution is -2.28. The maximum atomic E-state index is 12.2. The number of rotatable bonds is 9. The highest BCUT2D eigenvalue weighted by Gasteiger charge is 2.20. The van der Waals surface area contributed by atoms with Gasteiger partial charge in [0.1, 0.15) is 0 Å². The molecule has 1 aliphatic rings. The third-order valence-electron chi connectivity index (χ3n) is 3.57. The molecule has 116 valence electrons. The summed E-state index contributed by atoms with van der Waals surface area (Å²) in [5, 5.41) is 6.24. The molecule has 0 aliphatic heterocycles. The summed E-state index contributed by atoms with van der Waals surface area (Å²) in [5.74, 6) is 0.728. The molecule has 0 saturated heterocycles. The van der Waals surface area contributed by atoms with Crippen LogP contribution in [0.2, 0.25) is 0 Å². The molecule has 1 amide bonds. The molecule has 2 rings (SSSR count). The van der Waals surface area contributed by atoms with Gasteiger partial charge in [-0.2, -0.15) is 0 Å². The zero-order valence-corrected chi connectivity index (χ0v) is 13.1. The van der Waals surface area contributed by atoms with Crippen LogP contribution in [0.3, 0.4) is 0 Å². The number of hydrogen-bond acceptors (Lipinski definition) is 3. The van der Waals surface area contributed by atoms with E-state index in [1.54, 1.807) is 0 Å². The largest absolute Gasteiger partial charge is 0.384 e. The number of carbonyl (C=O) groups excluding carboxylic acids is 1. The minimum Gasteiger partial charge on any atom is -0.384 e. The maximum absolute atomic E-state index is 12.2. The van der Waals surface area contributed by atoms with E-state index in [1.807, 2.05) is 25.1 Å². The van der Waals surface area contributed by atoms with E-state index in [2.05, 4.69) is 17.6 Å². The van der Waals surface area contributed by atoms with Crippen LogP contribution in [0.4, 0.5) is 5.69 Å². The van der Waals surface area contributed by atoms with Crippen molar-refractivity contribution in [2.75, 3.05) is 31.6 Å². The predicted octanol–water partition coefficient (Wildman–Crippen LogP) is 2.97. The van der Waals surface area contributed by atoms with E-state index in [-0.39, 0.29) is 5.91 Å². The molecule has 0 aromatic heterocycles. The predicted molar refractivity (Wildman–Crippen MR) is 85.8 cm³/mol. The molecule has 0 unspecified atom stereocenters. The fourth-order valence-corrected chi connectivity index (χ4v) is 2.13. The van der Waals surface area contributed by atoms with Crippen molar-refractivity contribution in [3.05, 3.63) is 29.3 Å². The van der Waals surface area contributed by atoms with Crippen molar-refractivity contribution in [2.24, 2.45) is 5.92 Å². The van der Waals surface area contributed by atoms with Crippen LogP contribution in [0.5, 0.6) is 0 Å². The highest BCUT2D eigenvalue weighted by atomic mass is 16.5. The van der Waals surface area contributed by atoms with Crippen LogP contribution in [0.15, 0.2) is 18.2 Å². The second-order valence-corrected chi connectivity index (χ2v) is 5.75. The maximum Gasteiger partial charge on any atom is 0.253 e. The SMILES string of the molecule is CCCNc1cc(C)ccc1C(=O)NCCOCC1CC1. The Balaban J connectivity index is 1.81. The average Bonchev–Trinajstić information content (AvgIpc) is 3.28. The molecule has 2 N–H and O–H groups in total. The average molecular weight is 290 g/mol. The molecule has 1 fully saturated rings. The van der Waals surface area contributed by atoms with E-state index >= 15 is 0 Å². The van der Waals surface area contributed by atoms with Crippen molar-refractivity contribution in [2.45, 2.75) is 33.1 Å². The number of nitrogens with one attached hydrogen (secondary N) is 2. The summed E-state index contributed by atoms with van der Waals surface area (Å²) in [4.78, 5) is 12.2. The molecule has 0 heterocycles. The van der Waals surface area contributed by atoms with Gasteiger partial charge in [-0.05, 0) is 49.8 Å². The number of carbonyl (C=O) groups is 1. The summed E-state index contributed by atoms with van der Waals surface area (Å²) in [6.45, 7) is 7.00. The van der Waals surface area contributed by atoms with Gasteiger partial charge in [-0.3, -0.25) is 4.79 Å². The topological polar surface area (TPSA) is 50.4 Å². The molecule has 1 aliphatic carbocycles. The van der Waals surface area contributed by atoms with Crippen LogP contribution in [-0.2, 0) is 4.74 Å². The first-order valence-corrected chi connectivity index (χ1v) is 7.91. The lowest BCUT2D eigenvalue weighted by molar-refractivity contribution is 0.0907. The van der Waals surface area contributed by atoms with Crippen molar-refractivity contribution in [1.29, 1.82) is 0 Å². The Hall–Kier alpha value is -1.55. The molecule has 0 radical (unpaired) electrons. The first-order chi connectivity index (χ1) is 10.2. The van der Waals surface area contributed by atoms with Gasteiger partial charge in [-0.25, -0.2) is 0 Å². The van der Waals surface area contributed by atoms with Crippen LogP contribution in [0.1, 0.15) is 42.1 Å². The summed E-state index contributed by atoms with van der Waals surface area (Å²) < 4.78 is 5.53. The number of hydrogen-bond donors (Lipinski definition) is 2. The molecule has 4 nitrogen and oxygen atoms in total. The summed E-state index contributed by atoms with van der Waals surface area (Å²) in [5.41, 5.74) is 2.77. The molecule has 0 bridgehead atoms. The quantitative estimate of drug-likeness (QED) is 0.687. The zero-order valence-electron chi connectivity index (χ0n) is 13.1.